The molecule has 2 fully saturated rings. The summed E-state index contributed by atoms with van der Waals surface area (Å²) in [6.45, 7) is 5.25. The van der Waals surface area contributed by atoms with Gasteiger partial charge in [-0.2, -0.15) is 0 Å². The van der Waals surface area contributed by atoms with Crippen molar-refractivity contribution in [2.45, 2.75) is 38.3 Å². The van der Waals surface area contributed by atoms with Gasteiger partial charge in [0.05, 0.1) is 12.1 Å². The number of amides is 2. The molecule has 0 radical (unpaired) electrons. The summed E-state index contributed by atoms with van der Waals surface area (Å²) < 4.78 is 5.34. The molecule has 2 unspecified atom stereocenters. The van der Waals surface area contributed by atoms with E-state index in [1.165, 1.54) is 0 Å². The molecular formula is C11H18N2O3. The standard InChI is InChI=1S/C11H18N2O3/c1-3-8-10(15)13(6-9(14)12-8)11(2)4-5-16-7-11/h8H,3-7H2,1-2H3,(H,12,14). The third-order valence-electron chi connectivity index (χ3n) is 3.46. The fraction of sp³-hybridized carbons (Fsp3) is 0.818. The van der Waals surface area contributed by atoms with Crippen LogP contribution in [0.3, 0.4) is 0 Å². The van der Waals surface area contributed by atoms with Crippen LogP contribution < -0.4 is 5.32 Å². The Morgan fingerprint density at radius 2 is 2.31 bits per heavy atom. The minimum absolute atomic E-state index is 0.0232. The van der Waals surface area contributed by atoms with E-state index in [0.717, 1.165) is 6.42 Å². The second-order valence-electron chi connectivity index (χ2n) is 4.75. The highest BCUT2D eigenvalue weighted by molar-refractivity contribution is 5.95. The third kappa shape index (κ3) is 1.80. The van der Waals surface area contributed by atoms with Crippen molar-refractivity contribution in [1.82, 2.24) is 10.2 Å². The molecule has 0 spiro atoms. The summed E-state index contributed by atoms with van der Waals surface area (Å²) in [7, 11) is 0. The molecule has 0 bridgehead atoms. The lowest BCUT2D eigenvalue weighted by Crippen LogP contribution is -2.64. The molecule has 0 aliphatic carbocycles. The van der Waals surface area contributed by atoms with Crippen molar-refractivity contribution in [2.24, 2.45) is 0 Å². The van der Waals surface area contributed by atoms with Crippen molar-refractivity contribution >= 4 is 11.8 Å². The average molecular weight is 226 g/mol. The first-order valence-electron chi connectivity index (χ1n) is 5.75. The van der Waals surface area contributed by atoms with Crippen LogP contribution in [0.25, 0.3) is 0 Å². The Kier molecular flexibility index (Phi) is 2.88. The van der Waals surface area contributed by atoms with Gasteiger partial charge in [0.1, 0.15) is 12.6 Å². The number of ether oxygens (including phenoxy) is 1. The van der Waals surface area contributed by atoms with Crippen LogP contribution in [-0.2, 0) is 14.3 Å². The quantitative estimate of drug-likeness (QED) is 0.715. The van der Waals surface area contributed by atoms with E-state index < -0.39 is 0 Å². The Morgan fingerprint density at radius 3 is 2.88 bits per heavy atom. The molecule has 5 nitrogen and oxygen atoms in total. The first-order valence-corrected chi connectivity index (χ1v) is 5.75. The van der Waals surface area contributed by atoms with Crippen LogP contribution >= 0.6 is 0 Å². The highest BCUT2D eigenvalue weighted by Crippen LogP contribution is 2.27. The van der Waals surface area contributed by atoms with Gasteiger partial charge in [-0.25, -0.2) is 0 Å². The van der Waals surface area contributed by atoms with Gasteiger partial charge >= 0.3 is 0 Å². The van der Waals surface area contributed by atoms with Crippen LogP contribution in [0.1, 0.15) is 26.7 Å². The first-order chi connectivity index (χ1) is 7.57. The van der Waals surface area contributed by atoms with E-state index in [9.17, 15) is 9.59 Å². The maximum absolute atomic E-state index is 12.1. The second-order valence-corrected chi connectivity index (χ2v) is 4.75. The number of carbonyl (C=O) groups is 2. The fourth-order valence-corrected chi connectivity index (χ4v) is 2.31. The van der Waals surface area contributed by atoms with Crippen molar-refractivity contribution < 1.29 is 14.3 Å². The molecule has 2 rings (SSSR count). The summed E-state index contributed by atoms with van der Waals surface area (Å²) in [5.74, 6) is -0.0466. The summed E-state index contributed by atoms with van der Waals surface area (Å²) in [5.41, 5.74) is -0.303. The molecule has 2 amide bonds. The maximum atomic E-state index is 12.1. The van der Waals surface area contributed by atoms with Crippen molar-refractivity contribution in [2.75, 3.05) is 19.8 Å². The largest absolute Gasteiger partial charge is 0.379 e. The Morgan fingerprint density at radius 1 is 1.56 bits per heavy atom. The molecule has 2 heterocycles. The molecule has 2 aliphatic rings. The SMILES string of the molecule is CCC1NC(=O)CN(C2(C)CCOC2)C1=O. The molecule has 2 atom stereocenters. The van der Waals surface area contributed by atoms with E-state index in [1.807, 2.05) is 13.8 Å². The molecule has 0 aromatic carbocycles. The normalized spacial score (nSPS) is 35.4. The summed E-state index contributed by atoms with van der Waals surface area (Å²) in [4.78, 5) is 25.4. The summed E-state index contributed by atoms with van der Waals surface area (Å²) in [6.07, 6.45) is 1.44. The van der Waals surface area contributed by atoms with Crippen LogP contribution in [0.5, 0.6) is 0 Å². The molecule has 2 saturated heterocycles. The van der Waals surface area contributed by atoms with Gasteiger partial charge in [0.15, 0.2) is 0 Å². The molecule has 0 aromatic rings. The average Bonchev–Trinajstić information content (AvgIpc) is 2.69. The molecule has 16 heavy (non-hydrogen) atoms. The smallest absolute Gasteiger partial charge is 0.246 e. The van der Waals surface area contributed by atoms with Crippen LogP contribution in [0.4, 0.5) is 0 Å². The van der Waals surface area contributed by atoms with Gasteiger partial charge in [0.25, 0.3) is 0 Å². The van der Waals surface area contributed by atoms with Crippen LogP contribution in [0, 0.1) is 0 Å². The van der Waals surface area contributed by atoms with E-state index in [-0.39, 0.29) is 29.9 Å². The van der Waals surface area contributed by atoms with Crippen LogP contribution in [0.15, 0.2) is 0 Å². The van der Waals surface area contributed by atoms with Gasteiger partial charge in [-0.15, -0.1) is 0 Å². The zero-order valence-corrected chi connectivity index (χ0v) is 9.78. The summed E-state index contributed by atoms with van der Waals surface area (Å²) in [6, 6.07) is -0.362. The van der Waals surface area contributed by atoms with Crippen LogP contribution in [-0.4, -0.2) is 48.1 Å². The lowest BCUT2D eigenvalue weighted by Gasteiger charge is -2.42. The predicted octanol–water partition coefficient (Wildman–Crippen LogP) is -0.0976. The van der Waals surface area contributed by atoms with Crippen molar-refractivity contribution in [1.29, 1.82) is 0 Å². The Balaban J connectivity index is 2.19. The molecule has 1 N–H and O–H groups in total. The van der Waals surface area contributed by atoms with Crippen molar-refractivity contribution in [3.63, 3.8) is 0 Å². The summed E-state index contributed by atoms with van der Waals surface area (Å²) in [5, 5.41) is 2.72. The van der Waals surface area contributed by atoms with Gasteiger partial charge in [-0.3, -0.25) is 9.59 Å². The molecular weight excluding hydrogens is 208 g/mol. The topological polar surface area (TPSA) is 58.6 Å². The third-order valence-corrected chi connectivity index (χ3v) is 3.46. The zero-order chi connectivity index (χ0) is 11.8. The number of rotatable bonds is 2. The fourth-order valence-electron chi connectivity index (χ4n) is 2.31. The Labute approximate surface area is 95.1 Å². The molecule has 0 aromatic heterocycles. The highest BCUT2D eigenvalue weighted by Gasteiger charge is 2.44. The monoisotopic (exact) mass is 226 g/mol. The minimum Gasteiger partial charge on any atom is -0.379 e. The van der Waals surface area contributed by atoms with Crippen molar-refractivity contribution in [3.05, 3.63) is 0 Å². The lowest BCUT2D eigenvalue weighted by atomic mass is 9.96. The van der Waals surface area contributed by atoms with Gasteiger partial charge < -0.3 is 15.0 Å². The molecule has 5 heteroatoms. The van der Waals surface area contributed by atoms with E-state index in [2.05, 4.69) is 5.32 Å². The van der Waals surface area contributed by atoms with E-state index in [1.54, 1.807) is 4.90 Å². The van der Waals surface area contributed by atoms with Crippen LogP contribution in [0.2, 0.25) is 0 Å². The van der Waals surface area contributed by atoms with Gasteiger partial charge in [0, 0.05) is 6.61 Å². The lowest BCUT2D eigenvalue weighted by molar-refractivity contribution is -0.150. The maximum Gasteiger partial charge on any atom is 0.246 e. The number of nitrogens with one attached hydrogen (secondary N) is 1. The molecule has 90 valence electrons. The van der Waals surface area contributed by atoms with Gasteiger partial charge in [-0.05, 0) is 19.8 Å². The van der Waals surface area contributed by atoms with E-state index in [0.29, 0.717) is 19.6 Å². The Hall–Kier alpha value is -1.10. The number of hydrogen-bond donors (Lipinski definition) is 1. The molecule has 2 aliphatic heterocycles. The minimum atomic E-state index is -0.362. The number of carbonyl (C=O) groups excluding carboxylic acids is 2. The number of nitrogens with zero attached hydrogens (tertiary/aromatic N) is 1. The zero-order valence-electron chi connectivity index (χ0n) is 9.78. The van der Waals surface area contributed by atoms with E-state index in [4.69, 9.17) is 4.74 Å². The van der Waals surface area contributed by atoms with Crippen molar-refractivity contribution in [3.8, 4) is 0 Å². The van der Waals surface area contributed by atoms with Gasteiger partial charge in [0.2, 0.25) is 11.8 Å². The highest BCUT2D eigenvalue weighted by atomic mass is 16.5. The molecule has 0 saturated carbocycles. The Bertz CT molecular complexity index is 310. The number of hydrogen-bond acceptors (Lipinski definition) is 3. The number of piperazine rings is 1. The van der Waals surface area contributed by atoms with Gasteiger partial charge in [-0.1, -0.05) is 6.92 Å². The first kappa shape index (κ1) is 11.4. The summed E-state index contributed by atoms with van der Waals surface area (Å²) >= 11 is 0. The van der Waals surface area contributed by atoms with E-state index >= 15 is 0 Å². The second kappa shape index (κ2) is 4.05. The predicted molar refractivity (Wildman–Crippen MR) is 57.8 cm³/mol.